The van der Waals surface area contributed by atoms with Gasteiger partial charge in [0.1, 0.15) is 12.0 Å². The standard InChI is InChI=1S/C16H23F3N2O4/c1-15(2,3)25-14(24)21-9-4-8-5-10(21)13(23)12(9)20(7-8)11(22)6-16(17,18)19/h8-10,12-13,23H,4-7H2,1-3H3/t8?,9?,10-,12?,13-/m0/s1. The van der Waals surface area contributed by atoms with Crippen molar-refractivity contribution in [3.05, 3.63) is 0 Å². The van der Waals surface area contributed by atoms with Gasteiger partial charge in [0.2, 0.25) is 5.91 Å². The average molecular weight is 364 g/mol. The van der Waals surface area contributed by atoms with Crippen LogP contribution in [0.3, 0.4) is 0 Å². The van der Waals surface area contributed by atoms with Gasteiger partial charge in [-0.15, -0.1) is 0 Å². The van der Waals surface area contributed by atoms with Crippen molar-refractivity contribution in [2.45, 2.75) is 76.0 Å². The third kappa shape index (κ3) is 3.43. The van der Waals surface area contributed by atoms with Gasteiger partial charge in [-0.2, -0.15) is 13.2 Å². The highest BCUT2D eigenvalue weighted by molar-refractivity contribution is 5.78. The largest absolute Gasteiger partial charge is 0.444 e. The van der Waals surface area contributed by atoms with E-state index in [9.17, 15) is 27.9 Å². The molecule has 3 aliphatic heterocycles. The van der Waals surface area contributed by atoms with E-state index in [1.165, 1.54) is 4.90 Å². The summed E-state index contributed by atoms with van der Waals surface area (Å²) in [6.07, 6.45) is -6.76. The van der Waals surface area contributed by atoms with Crippen LogP contribution in [0.2, 0.25) is 0 Å². The molecule has 2 amide bonds. The second-order valence-corrected chi connectivity index (χ2v) is 8.18. The van der Waals surface area contributed by atoms with Crippen molar-refractivity contribution in [2.75, 3.05) is 6.54 Å². The van der Waals surface area contributed by atoms with E-state index >= 15 is 0 Å². The molecule has 5 atom stereocenters. The molecule has 25 heavy (non-hydrogen) atoms. The van der Waals surface area contributed by atoms with Crippen LogP contribution in [0.5, 0.6) is 0 Å². The lowest BCUT2D eigenvalue weighted by molar-refractivity contribution is -0.166. The van der Waals surface area contributed by atoms with Crippen molar-refractivity contribution in [1.29, 1.82) is 0 Å². The van der Waals surface area contributed by atoms with Crippen molar-refractivity contribution in [2.24, 2.45) is 5.92 Å². The normalized spacial score (nSPS) is 34.4. The van der Waals surface area contributed by atoms with Crippen LogP contribution in [0.1, 0.15) is 40.0 Å². The molecule has 0 aromatic heterocycles. The van der Waals surface area contributed by atoms with Crippen LogP contribution in [-0.2, 0) is 9.53 Å². The fourth-order valence-corrected chi connectivity index (χ4v) is 4.38. The van der Waals surface area contributed by atoms with Crippen LogP contribution in [0.4, 0.5) is 18.0 Å². The van der Waals surface area contributed by atoms with Crippen LogP contribution in [-0.4, -0.2) is 69.5 Å². The van der Waals surface area contributed by atoms with Crippen molar-refractivity contribution in [3.63, 3.8) is 0 Å². The third-order valence-corrected chi connectivity index (χ3v) is 5.09. The number of fused-ring (bicyclic) bond motifs is 2. The Morgan fingerprint density at radius 2 is 1.76 bits per heavy atom. The van der Waals surface area contributed by atoms with E-state index in [0.717, 1.165) is 4.90 Å². The molecule has 1 N–H and O–H groups in total. The molecule has 0 aromatic rings. The Bertz CT molecular complexity index is 575. The smallest absolute Gasteiger partial charge is 0.410 e. The summed E-state index contributed by atoms with van der Waals surface area (Å²) in [6.45, 7) is 5.36. The minimum absolute atomic E-state index is 0.0146. The molecule has 0 radical (unpaired) electrons. The summed E-state index contributed by atoms with van der Waals surface area (Å²) in [5.74, 6) is -1.06. The molecule has 3 heterocycles. The molecule has 3 saturated heterocycles. The van der Waals surface area contributed by atoms with Gasteiger partial charge >= 0.3 is 12.3 Å². The lowest BCUT2D eigenvalue weighted by Gasteiger charge is -2.46. The van der Waals surface area contributed by atoms with Gasteiger partial charge in [-0.3, -0.25) is 9.69 Å². The van der Waals surface area contributed by atoms with E-state index < -0.39 is 54.4 Å². The number of rotatable bonds is 1. The zero-order valence-electron chi connectivity index (χ0n) is 14.4. The summed E-state index contributed by atoms with van der Waals surface area (Å²) >= 11 is 0. The Balaban J connectivity index is 1.83. The number of carbonyl (C=O) groups is 2. The number of hydrogen-bond donors (Lipinski definition) is 1. The zero-order chi connectivity index (χ0) is 18.7. The van der Waals surface area contributed by atoms with Crippen LogP contribution < -0.4 is 0 Å². The van der Waals surface area contributed by atoms with Crippen LogP contribution in [0.25, 0.3) is 0 Å². The molecule has 0 saturated carbocycles. The number of aliphatic hydroxyl groups is 1. The van der Waals surface area contributed by atoms with E-state index in [4.69, 9.17) is 4.74 Å². The van der Waals surface area contributed by atoms with Gasteiger partial charge in [-0.25, -0.2) is 4.79 Å². The van der Waals surface area contributed by atoms with Gasteiger partial charge in [0, 0.05) is 6.54 Å². The summed E-state index contributed by atoms with van der Waals surface area (Å²) in [5, 5.41) is 10.6. The molecule has 3 fully saturated rings. The molecular weight excluding hydrogens is 341 g/mol. The molecular formula is C16H23F3N2O4. The number of likely N-dealkylation sites (tertiary alicyclic amines) is 1. The fraction of sp³-hybridized carbons (Fsp3) is 0.875. The Morgan fingerprint density at radius 1 is 1.16 bits per heavy atom. The number of carbonyl (C=O) groups excluding carboxylic acids is 2. The third-order valence-electron chi connectivity index (χ3n) is 5.09. The molecule has 3 unspecified atom stereocenters. The van der Waals surface area contributed by atoms with Crippen molar-refractivity contribution >= 4 is 12.0 Å². The lowest BCUT2D eigenvalue weighted by atomic mass is 9.86. The number of piperidine rings is 2. The second-order valence-electron chi connectivity index (χ2n) is 8.18. The van der Waals surface area contributed by atoms with Gasteiger partial charge in [-0.1, -0.05) is 0 Å². The van der Waals surface area contributed by atoms with Crippen molar-refractivity contribution < 1.29 is 32.6 Å². The average Bonchev–Trinajstić information content (AvgIpc) is 2.52. The van der Waals surface area contributed by atoms with E-state index in [0.29, 0.717) is 12.8 Å². The molecule has 9 heteroatoms. The van der Waals surface area contributed by atoms with E-state index in [2.05, 4.69) is 0 Å². The van der Waals surface area contributed by atoms with E-state index in [1.54, 1.807) is 20.8 Å². The SMILES string of the molecule is CC(C)(C)OC(=O)N1C2CC3C[C@H]1[C@H](O)C2N(C(=O)CC(F)(F)F)C3. The number of aliphatic hydroxyl groups excluding tert-OH is 1. The maximum absolute atomic E-state index is 12.6. The maximum atomic E-state index is 12.6. The first-order chi connectivity index (χ1) is 11.4. The van der Waals surface area contributed by atoms with Gasteiger partial charge < -0.3 is 14.7 Å². The molecule has 3 aliphatic rings. The summed E-state index contributed by atoms with van der Waals surface area (Å²) < 4.78 is 43.2. The Morgan fingerprint density at radius 3 is 2.32 bits per heavy atom. The van der Waals surface area contributed by atoms with Crippen LogP contribution in [0, 0.1) is 5.92 Å². The van der Waals surface area contributed by atoms with E-state index in [-0.39, 0.29) is 12.5 Å². The monoisotopic (exact) mass is 364 g/mol. The first kappa shape index (κ1) is 18.3. The molecule has 3 bridgehead atoms. The molecule has 6 nitrogen and oxygen atoms in total. The number of amides is 2. The molecule has 142 valence electrons. The van der Waals surface area contributed by atoms with Crippen molar-refractivity contribution in [1.82, 2.24) is 9.80 Å². The fourth-order valence-electron chi connectivity index (χ4n) is 4.38. The predicted octanol–water partition coefficient (Wildman–Crippen LogP) is 1.91. The summed E-state index contributed by atoms with van der Waals surface area (Å²) in [6, 6.07) is -1.82. The van der Waals surface area contributed by atoms with Gasteiger partial charge in [-0.05, 0) is 39.5 Å². The zero-order valence-corrected chi connectivity index (χ0v) is 14.4. The number of nitrogens with zero attached hydrogens (tertiary/aromatic N) is 2. The molecule has 3 rings (SSSR count). The van der Waals surface area contributed by atoms with Crippen molar-refractivity contribution in [3.8, 4) is 0 Å². The Labute approximate surface area is 143 Å². The van der Waals surface area contributed by atoms with Crippen LogP contribution in [0.15, 0.2) is 0 Å². The van der Waals surface area contributed by atoms with Gasteiger partial charge in [0.05, 0.1) is 24.2 Å². The predicted molar refractivity (Wildman–Crippen MR) is 80.6 cm³/mol. The Kier molecular flexibility index (Phi) is 4.21. The first-order valence-electron chi connectivity index (χ1n) is 8.43. The number of halogens is 3. The minimum atomic E-state index is -4.60. The number of hydrogen-bond acceptors (Lipinski definition) is 4. The van der Waals surface area contributed by atoms with Crippen LogP contribution >= 0.6 is 0 Å². The lowest BCUT2D eigenvalue weighted by Crippen LogP contribution is -2.59. The van der Waals surface area contributed by atoms with Gasteiger partial charge in [0.15, 0.2) is 0 Å². The number of ether oxygens (including phenoxy) is 1. The summed E-state index contributed by atoms with van der Waals surface area (Å²) in [7, 11) is 0. The number of alkyl halides is 3. The minimum Gasteiger partial charge on any atom is -0.444 e. The summed E-state index contributed by atoms with van der Waals surface area (Å²) in [4.78, 5) is 27.2. The maximum Gasteiger partial charge on any atom is 0.410 e. The topological polar surface area (TPSA) is 70.1 Å². The van der Waals surface area contributed by atoms with E-state index in [1.807, 2.05) is 0 Å². The highest BCUT2D eigenvalue weighted by Crippen LogP contribution is 2.46. The highest BCUT2D eigenvalue weighted by atomic mass is 19.4. The molecule has 0 spiro atoms. The Hall–Kier alpha value is -1.51. The quantitative estimate of drug-likeness (QED) is 0.772. The molecule has 0 aliphatic carbocycles. The first-order valence-corrected chi connectivity index (χ1v) is 8.43. The van der Waals surface area contributed by atoms with Gasteiger partial charge in [0.25, 0.3) is 0 Å². The second kappa shape index (κ2) is 5.75. The summed E-state index contributed by atoms with van der Waals surface area (Å²) in [5.41, 5.74) is -0.719. The highest BCUT2D eigenvalue weighted by Gasteiger charge is 2.61. The molecule has 0 aromatic carbocycles.